The normalized spacial score (nSPS) is 11.5. The first-order valence-corrected chi connectivity index (χ1v) is 7.73. The molecule has 1 unspecified atom stereocenters. The molecule has 4 N–H and O–H groups in total. The van der Waals surface area contributed by atoms with Gasteiger partial charge in [-0.05, 0) is 36.4 Å². The summed E-state index contributed by atoms with van der Waals surface area (Å²) in [6.45, 7) is -0.114. The number of methoxy groups -OCH3 is 2. The number of benzene rings is 2. The summed E-state index contributed by atoms with van der Waals surface area (Å²) in [5.74, 6) is 0.886. The molecule has 2 aromatic carbocycles. The van der Waals surface area contributed by atoms with Gasteiger partial charge >= 0.3 is 0 Å². The van der Waals surface area contributed by atoms with Crippen molar-refractivity contribution in [3.8, 4) is 11.5 Å². The van der Waals surface area contributed by atoms with Gasteiger partial charge in [0.25, 0.3) is 5.91 Å². The Morgan fingerprint density at radius 2 is 1.84 bits per heavy atom. The first-order valence-electron chi connectivity index (χ1n) is 7.73. The van der Waals surface area contributed by atoms with E-state index in [4.69, 9.17) is 14.6 Å². The third kappa shape index (κ3) is 5.10. The second kappa shape index (κ2) is 8.91. The fraction of sp³-hybridized carbons (Fsp3) is 0.278. The van der Waals surface area contributed by atoms with Crippen LogP contribution in [0.1, 0.15) is 10.4 Å². The van der Waals surface area contributed by atoms with Crippen molar-refractivity contribution in [1.29, 1.82) is 0 Å². The number of aliphatic hydroxyl groups is 2. The summed E-state index contributed by atoms with van der Waals surface area (Å²) >= 11 is 0. The van der Waals surface area contributed by atoms with Crippen LogP contribution in [0.25, 0.3) is 0 Å². The number of amides is 1. The summed E-state index contributed by atoms with van der Waals surface area (Å²) in [4.78, 5) is 12.3. The maximum atomic E-state index is 12.3. The minimum atomic E-state index is -0.847. The summed E-state index contributed by atoms with van der Waals surface area (Å²) in [6, 6.07) is 11.9. The lowest BCUT2D eigenvalue weighted by molar-refractivity contribution is 0.102. The number of hydrogen-bond donors (Lipinski definition) is 4. The van der Waals surface area contributed by atoms with Crippen LogP contribution in [0.4, 0.5) is 11.4 Å². The van der Waals surface area contributed by atoms with Gasteiger partial charge in [0.15, 0.2) is 0 Å². The number of aliphatic hydroxyl groups excluding tert-OH is 2. The van der Waals surface area contributed by atoms with Gasteiger partial charge < -0.3 is 30.3 Å². The minimum absolute atomic E-state index is 0.206. The molecule has 2 aromatic rings. The van der Waals surface area contributed by atoms with Crippen LogP contribution >= 0.6 is 0 Å². The number of rotatable bonds is 8. The number of anilines is 2. The van der Waals surface area contributed by atoms with Crippen molar-refractivity contribution in [3.63, 3.8) is 0 Å². The fourth-order valence-electron chi connectivity index (χ4n) is 2.14. The van der Waals surface area contributed by atoms with Gasteiger partial charge in [-0.2, -0.15) is 0 Å². The molecule has 0 heterocycles. The molecule has 0 aliphatic heterocycles. The number of ether oxygens (including phenoxy) is 2. The molecule has 7 heteroatoms. The van der Waals surface area contributed by atoms with Gasteiger partial charge in [0.05, 0.1) is 32.6 Å². The highest BCUT2D eigenvalue weighted by molar-refractivity contribution is 6.05. The standard InChI is InChI=1S/C18H22N2O5/c1-24-15-6-3-12(4-7-15)18(23)20-16-8-5-13(9-17(16)25-2)19-10-14(22)11-21/h3-9,14,19,21-22H,10-11H2,1-2H3,(H,20,23). The lowest BCUT2D eigenvalue weighted by Crippen LogP contribution is -2.23. The zero-order valence-electron chi connectivity index (χ0n) is 14.2. The Balaban J connectivity index is 2.08. The van der Waals surface area contributed by atoms with Crippen LogP contribution in [0.5, 0.6) is 11.5 Å². The highest BCUT2D eigenvalue weighted by Gasteiger charge is 2.11. The minimum Gasteiger partial charge on any atom is -0.497 e. The summed E-state index contributed by atoms with van der Waals surface area (Å²) in [5, 5.41) is 24.0. The lowest BCUT2D eigenvalue weighted by Gasteiger charge is -2.14. The van der Waals surface area contributed by atoms with Crippen molar-refractivity contribution in [1.82, 2.24) is 0 Å². The van der Waals surface area contributed by atoms with Crippen LogP contribution in [0.15, 0.2) is 42.5 Å². The Morgan fingerprint density at radius 1 is 1.12 bits per heavy atom. The lowest BCUT2D eigenvalue weighted by atomic mass is 10.2. The van der Waals surface area contributed by atoms with Crippen LogP contribution in [0, 0.1) is 0 Å². The van der Waals surface area contributed by atoms with Gasteiger partial charge in [0.2, 0.25) is 0 Å². The van der Waals surface area contributed by atoms with E-state index in [0.717, 1.165) is 0 Å². The van der Waals surface area contributed by atoms with E-state index < -0.39 is 6.10 Å². The summed E-state index contributed by atoms with van der Waals surface area (Å²) in [6.07, 6.45) is -0.847. The van der Waals surface area contributed by atoms with Crippen molar-refractivity contribution in [2.75, 3.05) is 38.0 Å². The second-order valence-electron chi connectivity index (χ2n) is 5.31. The third-order valence-corrected chi connectivity index (χ3v) is 3.55. The molecule has 0 aliphatic rings. The third-order valence-electron chi connectivity index (χ3n) is 3.55. The molecular formula is C18H22N2O5. The van der Waals surface area contributed by atoms with E-state index in [2.05, 4.69) is 10.6 Å². The summed E-state index contributed by atoms with van der Waals surface area (Å²) in [7, 11) is 3.07. The average Bonchev–Trinajstić information content (AvgIpc) is 2.66. The predicted octanol–water partition coefficient (Wildman–Crippen LogP) is 1.72. The molecule has 1 atom stereocenters. The van der Waals surface area contributed by atoms with Crippen LogP contribution in [0.2, 0.25) is 0 Å². The topological polar surface area (TPSA) is 100 Å². The zero-order chi connectivity index (χ0) is 18.2. The molecule has 7 nitrogen and oxygen atoms in total. The van der Waals surface area contributed by atoms with Gasteiger partial charge in [0.1, 0.15) is 11.5 Å². The Hall–Kier alpha value is -2.77. The Morgan fingerprint density at radius 3 is 2.44 bits per heavy atom. The van der Waals surface area contributed by atoms with Gasteiger partial charge in [-0.25, -0.2) is 0 Å². The molecule has 0 aliphatic carbocycles. The smallest absolute Gasteiger partial charge is 0.255 e. The number of hydrogen-bond acceptors (Lipinski definition) is 6. The largest absolute Gasteiger partial charge is 0.497 e. The van der Waals surface area contributed by atoms with Gasteiger partial charge in [-0.1, -0.05) is 0 Å². The zero-order valence-corrected chi connectivity index (χ0v) is 14.2. The Kier molecular flexibility index (Phi) is 6.62. The molecule has 0 spiro atoms. The second-order valence-corrected chi connectivity index (χ2v) is 5.31. The molecule has 0 saturated carbocycles. The predicted molar refractivity (Wildman–Crippen MR) is 95.5 cm³/mol. The van der Waals surface area contributed by atoms with Gasteiger partial charge in [-0.3, -0.25) is 4.79 Å². The van der Waals surface area contributed by atoms with Crippen molar-refractivity contribution in [2.24, 2.45) is 0 Å². The molecule has 1 amide bonds. The molecule has 2 rings (SSSR count). The van der Waals surface area contributed by atoms with Crippen molar-refractivity contribution < 1.29 is 24.5 Å². The number of nitrogens with one attached hydrogen (secondary N) is 2. The van der Waals surface area contributed by atoms with E-state index in [1.807, 2.05) is 0 Å². The highest BCUT2D eigenvalue weighted by atomic mass is 16.5. The van der Waals surface area contributed by atoms with Gasteiger partial charge in [0, 0.05) is 23.9 Å². The molecule has 0 aromatic heterocycles. The maximum Gasteiger partial charge on any atom is 0.255 e. The molecule has 0 bridgehead atoms. The molecule has 134 valence electrons. The SMILES string of the molecule is COc1ccc(C(=O)Nc2ccc(NCC(O)CO)cc2OC)cc1. The monoisotopic (exact) mass is 346 g/mol. The summed E-state index contributed by atoms with van der Waals surface area (Å²) in [5.41, 5.74) is 1.72. The first-order chi connectivity index (χ1) is 12.1. The van der Waals surface area contributed by atoms with Crippen molar-refractivity contribution >= 4 is 17.3 Å². The number of carbonyl (C=O) groups is 1. The van der Waals surface area contributed by atoms with Crippen molar-refractivity contribution in [2.45, 2.75) is 6.10 Å². The molecule has 0 fully saturated rings. The van der Waals surface area contributed by atoms with E-state index in [0.29, 0.717) is 28.4 Å². The van der Waals surface area contributed by atoms with Crippen LogP contribution in [-0.4, -0.2) is 49.6 Å². The quantitative estimate of drug-likeness (QED) is 0.581. The van der Waals surface area contributed by atoms with Crippen LogP contribution in [-0.2, 0) is 0 Å². The van der Waals surface area contributed by atoms with Crippen molar-refractivity contribution in [3.05, 3.63) is 48.0 Å². The first kappa shape index (κ1) is 18.6. The van der Waals surface area contributed by atoms with Crippen LogP contribution < -0.4 is 20.1 Å². The molecule has 0 saturated heterocycles. The summed E-state index contributed by atoms with van der Waals surface area (Å²) < 4.78 is 10.4. The van der Waals surface area contributed by atoms with Gasteiger partial charge in [-0.15, -0.1) is 0 Å². The Labute approximate surface area is 146 Å². The maximum absolute atomic E-state index is 12.3. The average molecular weight is 346 g/mol. The van der Waals surface area contributed by atoms with E-state index in [-0.39, 0.29) is 19.1 Å². The van der Waals surface area contributed by atoms with Crippen LogP contribution in [0.3, 0.4) is 0 Å². The fourth-order valence-corrected chi connectivity index (χ4v) is 2.14. The molecular weight excluding hydrogens is 324 g/mol. The van der Waals surface area contributed by atoms with E-state index in [1.54, 1.807) is 49.6 Å². The van der Waals surface area contributed by atoms with E-state index in [9.17, 15) is 9.90 Å². The Bertz CT molecular complexity index is 703. The highest BCUT2D eigenvalue weighted by Crippen LogP contribution is 2.28. The molecule has 25 heavy (non-hydrogen) atoms. The van der Waals surface area contributed by atoms with E-state index >= 15 is 0 Å². The number of carbonyl (C=O) groups excluding carboxylic acids is 1. The molecule has 0 radical (unpaired) electrons. The van der Waals surface area contributed by atoms with E-state index in [1.165, 1.54) is 7.11 Å².